The van der Waals surface area contributed by atoms with Crippen LogP contribution in [0.4, 0.5) is 22.0 Å². The summed E-state index contributed by atoms with van der Waals surface area (Å²) in [5, 5.41) is 2.79. The van der Waals surface area contributed by atoms with Gasteiger partial charge in [0.15, 0.2) is 0 Å². The highest BCUT2D eigenvalue weighted by molar-refractivity contribution is 5.94. The van der Waals surface area contributed by atoms with E-state index in [2.05, 4.69) is 10.3 Å². The topological polar surface area (TPSA) is 44.9 Å². The third-order valence-corrected chi connectivity index (χ3v) is 4.22. The minimum Gasteiger partial charge on any atom is -0.357 e. The van der Waals surface area contributed by atoms with Crippen molar-refractivity contribution >= 4 is 5.91 Å². The molecule has 0 unspecified atom stereocenters. The van der Waals surface area contributed by atoms with Gasteiger partial charge in [0.25, 0.3) is 5.91 Å². The fourth-order valence-electron chi connectivity index (χ4n) is 2.57. The number of hydrogen-bond donors (Lipinski definition) is 2. The van der Waals surface area contributed by atoms with Crippen LogP contribution in [0.15, 0.2) is 18.3 Å². The van der Waals surface area contributed by atoms with E-state index in [9.17, 15) is 26.7 Å². The summed E-state index contributed by atoms with van der Waals surface area (Å²) < 4.78 is 65.7. The van der Waals surface area contributed by atoms with Crippen LogP contribution in [0.2, 0.25) is 0 Å². The molecule has 1 aromatic carbocycles. The van der Waals surface area contributed by atoms with E-state index in [-0.39, 0.29) is 36.2 Å². The summed E-state index contributed by atoms with van der Waals surface area (Å²) in [5.74, 6) is -2.84. The smallest absolute Gasteiger partial charge is 0.357 e. The van der Waals surface area contributed by atoms with Crippen LogP contribution < -0.4 is 5.32 Å². The number of H-pyrrole nitrogens is 1. The summed E-state index contributed by atoms with van der Waals surface area (Å²) in [6, 6.07) is 0.714. The lowest BCUT2D eigenvalue weighted by molar-refractivity contribution is -0.138. The van der Waals surface area contributed by atoms with E-state index in [0.29, 0.717) is 11.1 Å². The third kappa shape index (κ3) is 3.67. The number of halogens is 5. The fraction of sp³-hybridized carbons (Fsp3) is 0.353. The monoisotopic (exact) mass is 358 g/mol. The molecule has 8 heteroatoms. The van der Waals surface area contributed by atoms with Gasteiger partial charge in [0.2, 0.25) is 0 Å². The van der Waals surface area contributed by atoms with Crippen LogP contribution in [0.1, 0.15) is 45.6 Å². The second-order valence-corrected chi connectivity index (χ2v) is 6.15. The Kier molecular flexibility index (Phi) is 4.30. The average Bonchev–Trinajstić information content (AvgIpc) is 3.24. The predicted octanol–water partition coefficient (Wildman–Crippen LogP) is 4.10. The first-order valence-corrected chi connectivity index (χ1v) is 7.69. The van der Waals surface area contributed by atoms with Crippen LogP contribution in [0.25, 0.3) is 0 Å². The molecule has 134 valence electrons. The normalized spacial score (nSPS) is 14.6. The molecule has 25 heavy (non-hydrogen) atoms. The molecule has 1 amide bonds. The van der Waals surface area contributed by atoms with E-state index < -0.39 is 28.9 Å². The number of alkyl halides is 3. The summed E-state index contributed by atoms with van der Waals surface area (Å²) >= 11 is 0. The molecule has 1 aliphatic rings. The number of carbonyl (C=O) groups excluding carboxylic acids is 1. The maximum atomic E-state index is 14.0. The Hall–Kier alpha value is -2.38. The number of hydrogen-bond acceptors (Lipinski definition) is 1. The Morgan fingerprint density at radius 1 is 1.24 bits per heavy atom. The highest BCUT2D eigenvalue weighted by Crippen LogP contribution is 2.32. The van der Waals surface area contributed by atoms with Gasteiger partial charge in [-0.2, -0.15) is 13.2 Å². The summed E-state index contributed by atoms with van der Waals surface area (Å²) in [6.07, 6.45) is -1.80. The van der Waals surface area contributed by atoms with E-state index in [1.54, 1.807) is 6.92 Å². The molecule has 2 aromatic rings. The van der Waals surface area contributed by atoms with Crippen molar-refractivity contribution in [3.63, 3.8) is 0 Å². The van der Waals surface area contributed by atoms with Crippen molar-refractivity contribution in [2.45, 2.75) is 38.4 Å². The first-order valence-electron chi connectivity index (χ1n) is 7.69. The molecule has 1 aromatic heterocycles. The Morgan fingerprint density at radius 2 is 1.84 bits per heavy atom. The molecule has 3 rings (SSSR count). The minimum atomic E-state index is -4.82. The van der Waals surface area contributed by atoms with Gasteiger partial charge in [-0.15, -0.1) is 0 Å². The fourth-order valence-corrected chi connectivity index (χ4v) is 2.57. The molecule has 0 radical (unpaired) electrons. The van der Waals surface area contributed by atoms with Gasteiger partial charge in [-0.25, -0.2) is 8.78 Å². The molecule has 1 fully saturated rings. The van der Waals surface area contributed by atoms with Crippen molar-refractivity contribution in [1.29, 1.82) is 0 Å². The van der Waals surface area contributed by atoms with E-state index in [1.165, 1.54) is 6.20 Å². The van der Waals surface area contributed by atoms with Crippen LogP contribution in [-0.2, 0) is 12.6 Å². The van der Waals surface area contributed by atoms with E-state index in [0.717, 1.165) is 12.8 Å². The van der Waals surface area contributed by atoms with Gasteiger partial charge >= 0.3 is 6.18 Å². The summed E-state index contributed by atoms with van der Waals surface area (Å²) in [6.45, 7) is 1.62. The second-order valence-electron chi connectivity index (χ2n) is 6.15. The van der Waals surface area contributed by atoms with Gasteiger partial charge in [0.1, 0.15) is 17.3 Å². The summed E-state index contributed by atoms with van der Waals surface area (Å²) in [7, 11) is 0. The lowest BCUT2D eigenvalue weighted by Crippen LogP contribution is -2.26. The molecule has 0 spiro atoms. The van der Waals surface area contributed by atoms with Crippen molar-refractivity contribution in [2.75, 3.05) is 0 Å². The van der Waals surface area contributed by atoms with E-state index in [4.69, 9.17) is 0 Å². The lowest BCUT2D eigenvalue weighted by atomic mass is 10.0. The number of aromatic nitrogens is 1. The molecule has 3 nitrogen and oxygen atoms in total. The van der Waals surface area contributed by atoms with Crippen molar-refractivity contribution in [1.82, 2.24) is 10.3 Å². The molecular formula is C17H15F5N2O. The van der Waals surface area contributed by atoms with Crippen LogP contribution in [0.3, 0.4) is 0 Å². The zero-order valence-corrected chi connectivity index (χ0v) is 13.2. The third-order valence-electron chi connectivity index (χ3n) is 4.22. The van der Waals surface area contributed by atoms with Gasteiger partial charge < -0.3 is 10.3 Å². The van der Waals surface area contributed by atoms with Crippen molar-refractivity contribution in [2.24, 2.45) is 0 Å². The summed E-state index contributed by atoms with van der Waals surface area (Å²) in [5.41, 5.74) is -0.601. The number of benzene rings is 1. The first kappa shape index (κ1) is 17.4. The van der Waals surface area contributed by atoms with Gasteiger partial charge in [0.05, 0.1) is 5.56 Å². The van der Waals surface area contributed by atoms with E-state index in [1.807, 2.05) is 0 Å². The molecule has 0 aliphatic heterocycles. The van der Waals surface area contributed by atoms with Crippen LogP contribution >= 0.6 is 0 Å². The molecule has 0 bridgehead atoms. The molecule has 1 aliphatic carbocycles. The Morgan fingerprint density at radius 3 is 2.36 bits per heavy atom. The number of nitrogens with one attached hydrogen (secondary N) is 2. The highest BCUT2D eigenvalue weighted by Gasteiger charge is 2.33. The van der Waals surface area contributed by atoms with Crippen molar-refractivity contribution < 1.29 is 26.7 Å². The molecule has 1 heterocycles. The van der Waals surface area contributed by atoms with Crippen LogP contribution in [0.5, 0.6) is 0 Å². The number of carbonyl (C=O) groups is 1. The molecular weight excluding hydrogens is 343 g/mol. The van der Waals surface area contributed by atoms with Crippen molar-refractivity contribution in [3.05, 3.63) is 57.9 Å². The van der Waals surface area contributed by atoms with Gasteiger partial charge in [-0.1, -0.05) is 0 Å². The second kappa shape index (κ2) is 6.16. The Balaban J connectivity index is 1.85. The van der Waals surface area contributed by atoms with Crippen LogP contribution in [0, 0.1) is 18.6 Å². The van der Waals surface area contributed by atoms with Gasteiger partial charge in [-0.05, 0) is 43.0 Å². The zero-order chi connectivity index (χ0) is 18.4. The average molecular weight is 358 g/mol. The maximum absolute atomic E-state index is 14.0. The molecule has 1 saturated carbocycles. The minimum absolute atomic E-state index is 0.156. The largest absolute Gasteiger partial charge is 0.416 e. The van der Waals surface area contributed by atoms with Gasteiger partial charge in [0, 0.05) is 24.2 Å². The van der Waals surface area contributed by atoms with Crippen molar-refractivity contribution in [3.8, 4) is 0 Å². The van der Waals surface area contributed by atoms with E-state index >= 15 is 0 Å². The number of rotatable bonds is 4. The standard InChI is InChI=1S/C17H15F5N2O/c1-8-9(7-23-15(8)16(25)24-11-2-3-11)4-12-13(18)5-10(6-14(12)19)17(20,21)22/h5-7,11,23H,2-4H2,1H3,(H,24,25). The molecule has 0 saturated heterocycles. The Labute approximate surface area is 140 Å². The molecule has 0 atom stereocenters. The summed E-state index contributed by atoms with van der Waals surface area (Å²) in [4.78, 5) is 14.8. The maximum Gasteiger partial charge on any atom is 0.416 e. The zero-order valence-electron chi connectivity index (χ0n) is 13.2. The highest BCUT2D eigenvalue weighted by atomic mass is 19.4. The number of amides is 1. The number of aromatic amines is 1. The predicted molar refractivity (Wildman–Crippen MR) is 80.2 cm³/mol. The first-order chi connectivity index (χ1) is 11.7. The van der Waals surface area contributed by atoms with Gasteiger partial charge in [-0.3, -0.25) is 4.79 Å². The SMILES string of the molecule is Cc1c(Cc2c(F)cc(C(F)(F)F)cc2F)c[nH]c1C(=O)NC1CC1. The van der Waals surface area contributed by atoms with Crippen LogP contribution in [-0.4, -0.2) is 16.9 Å². The molecule has 2 N–H and O–H groups in total. The quantitative estimate of drug-likeness (QED) is 0.794. The Bertz CT molecular complexity index is 798. The lowest BCUT2D eigenvalue weighted by Gasteiger charge is -2.11.